The molecule has 0 spiro atoms. The molecular formula is C44H52FN11O4S. The molecule has 2 aromatic heterocycles. The highest BCUT2D eigenvalue weighted by atomic mass is 32.2. The molecule has 15 nitrogen and oxygen atoms in total. The number of carbonyl (C=O) groups is 2. The number of aromatic nitrogens is 3. The van der Waals surface area contributed by atoms with E-state index in [0.717, 1.165) is 81.6 Å². The molecule has 1 unspecified atom stereocenters. The Hall–Kier alpha value is -5.78. The van der Waals surface area contributed by atoms with Gasteiger partial charge in [0.15, 0.2) is 0 Å². The van der Waals surface area contributed by atoms with E-state index >= 15 is 4.39 Å². The zero-order chi connectivity index (χ0) is 42.1. The zero-order valence-electron chi connectivity index (χ0n) is 34.2. The number of carbonyl (C=O) groups excluding carboxylic acids is 2. The van der Waals surface area contributed by atoms with Gasteiger partial charge in [0.2, 0.25) is 27.8 Å². The van der Waals surface area contributed by atoms with Gasteiger partial charge in [-0.05, 0) is 98.2 Å². The van der Waals surface area contributed by atoms with Crippen molar-refractivity contribution in [1.29, 1.82) is 0 Å². The van der Waals surface area contributed by atoms with Crippen LogP contribution in [0.15, 0.2) is 72.9 Å². The molecule has 6 N–H and O–H groups in total. The molecule has 4 aliphatic heterocycles. The second kappa shape index (κ2) is 17.3. The fourth-order valence-electron chi connectivity index (χ4n) is 9.20. The highest BCUT2D eigenvalue weighted by Crippen LogP contribution is 2.39. The molecule has 0 aliphatic carbocycles. The molecule has 61 heavy (non-hydrogen) atoms. The number of aromatic amines is 1. The third-order valence-corrected chi connectivity index (χ3v) is 13.6. The molecule has 6 heterocycles. The van der Waals surface area contributed by atoms with Crippen LogP contribution in [-0.4, -0.2) is 99.8 Å². The van der Waals surface area contributed by atoms with Gasteiger partial charge in [-0.2, -0.15) is 9.97 Å². The minimum Gasteiger partial charge on any atom is -0.371 e. The number of hydrogen-bond donors (Lipinski definition) is 6. The highest BCUT2D eigenvalue weighted by molar-refractivity contribution is 7.92. The fourth-order valence-corrected chi connectivity index (χ4v) is 10.2. The van der Waals surface area contributed by atoms with E-state index < -0.39 is 10.0 Å². The van der Waals surface area contributed by atoms with Gasteiger partial charge in [-0.15, -0.1) is 0 Å². The Morgan fingerprint density at radius 3 is 2.48 bits per heavy atom. The number of anilines is 7. The normalized spacial score (nSPS) is 19.7. The van der Waals surface area contributed by atoms with Crippen molar-refractivity contribution in [3.8, 4) is 0 Å². The molecule has 3 saturated heterocycles. The molecule has 0 saturated carbocycles. The average molecular weight is 850 g/mol. The molecule has 9 rings (SSSR count). The van der Waals surface area contributed by atoms with Crippen LogP contribution < -0.4 is 40.7 Å². The summed E-state index contributed by atoms with van der Waals surface area (Å²) in [6.07, 6.45) is 7.52. The number of rotatable bonds is 14. The number of fused-ring (bicyclic) bond motifs is 2. The maximum absolute atomic E-state index is 15.7. The van der Waals surface area contributed by atoms with E-state index in [1.807, 2.05) is 42.5 Å². The van der Waals surface area contributed by atoms with Gasteiger partial charge in [0.1, 0.15) is 17.3 Å². The Kier molecular flexibility index (Phi) is 11.5. The Bertz CT molecular complexity index is 2530. The lowest BCUT2D eigenvalue weighted by molar-refractivity contribution is -0.134. The standard InChI is InChI=1S/C44H52FN11O4S/c1-61(59,60)56-24-15-30-3-2-4-37(40(30)56)50-42-35-13-18-48-41(35)52-44(53-42)49-32-7-11-38(36(45)25-32)54-22-16-31(17-23-54)47-20-19-46-26-28-14-21-55(27-28)33-8-5-29(6-9-33)34-10-12-39(57)51-43(34)58/h2-9,11,13,18,25,28,31,34,46-47H,10,12,14-17,19-24,26-27H2,1H3,(H,51,57,58)(H3,48,49,50,52,53)/t28-,34?/m0/s1. The second-order valence-corrected chi connectivity index (χ2v) is 18.5. The minimum atomic E-state index is -3.47. The van der Waals surface area contributed by atoms with E-state index in [1.54, 1.807) is 12.3 Å². The first-order valence-electron chi connectivity index (χ1n) is 21.2. The molecular weight excluding hydrogens is 798 g/mol. The summed E-state index contributed by atoms with van der Waals surface area (Å²) in [4.78, 5) is 40.8. The van der Waals surface area contributed by atoms with Crippen molar-refractivity contribution in [3.63, 3.8) is 0 Å². The zero-order valence-corrected chi connectivity index (χ0v) is 35.0. The van der Waals surface area contributed by atoms with Crippen molar-refractivity contribution in [2.75, 3.05) is 83.4 Å². The molecule has 17 heteroatoms. The first kappa shape index (κ1) is 40.6. The first-order chi connectivity index (χ1) is 29.6. The van der Waals surface area contributed by atoms with Crippen molar-refractivity contribution in [1.82, 2.24) is 30.9 Å². The number of para-hydroxylation sites is 1. The number of hydrogen-bond acceptors (Lipinski definition) is 12. The number of H-pyrrole nitrogens is 1. The molecule has 3 aromatic carbocycles. The molecule has 5 aromatic rings. The van der Waals surface area contributed by atoms with Gasteiger partial charge >= 0.3 is 0 Å². The van der Waals surface area contributed by atoms with Crippen LogP contribution >= 0.6 is 0 Å². The van der Waals surface area contributed by atoms with E-state index in [2.05, 4.69) is 58.5 Å². The van der Waals surface area contributed by atoms with Crippen LogP contribution in [0, 0.1) is 11.7 Å². The van der Waals surface area contributed by atoms with Crippen LogP contribution in [0.4, 0.5) is 44.6 Å². The predicted molar refractivity (Wildman–Crippen MR) is 237 cm³/mol. The van der Waals surface area contributed by atoms with Gasteiger partial charge in [0.05, 0.1) is 34.6 Å². The third-order valence-electron chi connectivity index (χ3n) is 12.4. The quantitative estimate of drug-likeness (QED) is 0.0645. The predicted octanol–water partition coefficient (Wildman–Crippen LogP) is 5.10. The summed E-state index contributed by atoms with van der Waals surface area (Å²) in [7, 11) is -3.47. The largest absolute Gasteiger partial charge is 0.371 e. The second-order valence-electron chi connectivity index (χ2n) is 16.6. The van der Waals surface area contributed by atoms with E-state index in [-0.39, 0.29) is 29.5 Å². The number of imide groups is 1. The Morgan fingerprint density at radius 2 is 1.69 bits per heavy atom. The van der Waals surface area contributed by atoms with E-state index in [9.17, 15) is 18.0 Å². The van der Waals surface area contributed by atoms with Crippen molar-refractivity contribution in [2.45, 2.75) is 50.5 Å². The molecule has 0 radical (unpaired) electrons. The minimum absolute atomic E-state index is 0.191. The van der Waals surface area contributed by atoms with Gasteiger partial charge < -0.3 is 36.1 Å². The van der Waals surface area contributed by atoms with Crippen LogP contribution in [0.3, 0.4) is 0 Å². The number of sulfonamides is 1. The number of nitrogens with zero attached hydrogens (tertiary/aromatic N) is 5. The van der Waals surface area contributed by atoms with E-state index in [4.69, 9.17) is 4.98 Å². The molecule has 0 bridgehead atoms. The summed E-state index contributed by atoms with van der Waals surface area (Å²) < 4.78 is 42.2. The van der Waals surface area contributed by atoms with Crippen LogP contribution in [0.5, 0.6) is 0 Å². The Balaban J connectivity index is 0.723. The Morgan fingerprint density at radius 1 is 0.869 bits per heavy atom. The molecule has 320 valence electrons. The Labute approximate surface area is 354 Å². The average Bonchev–Trinajstić information content (AvgIpc) is 4.03. The van der Waals surface area contributed by atoms with Crippen molar-refractivity contribution < 1.29 is 22.4 Å². The molecule has 3 fully saturated rings. The molecule has 4 aliphatic rings. The van der Waals surface area contributed by atoms with Crippen LogP contribution in [0.2, 0.25) is 0 Å². The smallest absolute Gasteiger partial charge is 0.234 e. The topological polar surface area (TPSA) is 180 Å². The molecule has 2 amide bonds. The summed E-state index contributed by atoms with van der Waals surface area (Å²) in [5, 5.41) is 17.0. The van der Waals surface area contributed by atoms with Gasteiger partial charge in [0.25, 0.3) is 0 Å². The number of benzene rings is 3. The summed E-state index contributed by atoms with van der Waals surface area (Å²) in [5.41, 5.74) is 5.97. The summed E-state index contributed by atoms with van der Waals surface area (Å²) in [6, 6.07) is 21.2. The monoisotopic (exact) mass is 849 g/mol. The van der Waals surface area contributed by atoms with Crippen molar-refractivity contribution in [2.24, 2.45) is 5.92 Å². The lowest BCUT2D eigenvalue weighted by atomic mass is 9.90. The number of halogens is 1. The van der Waals surface area contributed by atoms with Gasteiger partial charge in [-0.3, -0.25) is 19.2 Å². The SMILES string of the molecule is CS(=O)(=O)N1CCc2cccc(Nc3nc(Nc4ccc(N5CCC(NCCNC[C@@H]6CCN(c7ccc(C8CCC(=O)NC8=O)cc7)C6)CC5)c(F)c4)nc4[nH]ccc34)c21. The van der Waals surface area contributed by atoms with Crippen LogP contribution in [0.1, 0.15) is 49.1 Å². The van der Waals surface area contributed by atoms with Gasteiger partial charge in [-0.1, -0.05) is 24.3 Å². The van der Waals surface area contributed by atoms with Crippen LogP contribution in [0.25, 0.3) is 11.0 Å². The fraction of sp³-hybridized carbons (Fsp3) is 0.409. The number of piperidine rings is 2. The van der Waals surface area contributed by atoms with Crippen LogP contribution in [-0.2, 0) is 26.0 Å². The summed E-state index contributed by atoms with van der Waals surface area (Å²) in [6.45, 7) is 6.60. The maximum Gasteiger partial charge on any atom is 0.234 e. The van der Waals surface area contributed by atoms with Crippen molar-refractivity contribution in [3.05, 3.63) is 89.9 Å². The molecule has 2 atom stereocenters. The van der Waals surface area contributed by atoms with E-state index in [0.29, 0.717) is 72.0 Å². The van der Waals surface area contributed by atoms with Crippen molar-refractivity contribution >= 4 is 73.1 Å². The number of amides is 2. The number of nitrogens with one attached hydrogen (secondary N) is 6. The lowest BCUT2D eigenvalue weighted by Gasteiger charge is -2.34. The highest BCUT2D eigenvalue weighted by Gasteiger charge is 2.31. The maximum atomic E-state index is 15.7. The van der Waals surface area contributed by atoms with Gasteiger partial charge in [0, 0.05) is 75.8 Å². The summed E-state index contributed by atoms with van der Waals surface area (Å²) in [5.74, 6) is 0.343. The van der Waals surface area contributed by atoms with Gasteiger partial charge in [-0.25, -0.2) is 12.8 Å². The first-order valence-corrected chi connectivity index (χ1v) is 23.1. The lowest BCUT2D eigenvalue weighted by Crippen LogP contribution is -2.44. The van der Waals surface area contributed by atoms with E-state index in [1.165, 1.54) is 22.3 Å². The third kappa shape index (κ3) is 8.99. The summed E-state index contributed by atoms with van der Waals surface area (Å²) >= 11 is 0.